The monoisotopic (exact) mass is 227 g/mol. The van der Waals surface area contributed by atoms with E-state index in [0.717, 1.165) is 0 Å². The molecule has 0 saturated carbocycles. The zero-order valence-corrected chi connectivity index (χ0v) is 9.10. The Bertz CT molecular complexity index is 391. The number of phenolic OH excluding ortho intramolecular Hbond substituents is 1. The molecule has 1 aromatic carbocycles. The molecule has 0 aliphatic heterocycles. The molecule has 0 aromatic heterocycles. The van der Waals surface area contributed by atoms with E-state index < -0.39 is 4.92 Å². The molecule has 0 fully saturated rings. The van der Waals surface area contributed by atoms with Crippen LogP contribution < -0.4 is 0 Å². The van der Waals surface area contributed by atoms with Crippen LogP contribution in [-0.2, 0) is 22.7 Å². The lowest BCUT2D eigenvalue weighted by molar-refractivity contribution is -0.386. The van der Waals surface area contributed by atoms with Crippen molar-refractivity contribution in [3.05, 3.63) is 33.4 Å². The third-order valence-electron chi connectivity index (χ3n) is 2.14. The van der Waals surface area contributed by atoms with E-state index in [4.69, 9.17) is 9.47 Å². The van der Waals surface area contributed by atoms with Gasteiger partial charge in [0.05, 0.1) is 18.1 Å². The predicted molar refractivity (Wildman–Crippen MR) is 56.2 cm³/mol. The molecule has 16 heavy (non-hydrogen) atoms. The van der Waals surface area contributed by atoms with E-state index in [0.29, 0.717) is 11.1 Å². The van der Waals surface area contributed by atoms with Gasteiger partial charge in [0.2, 0.25) is 0 Å². The first-order valence-electron chi connectivity index (χ1n) is 4.57. The number of methoxy groups -OCH3 is 2. The number of nitrogens with zero attached hydrogens (tertiary/aromatic N) is 1. The molecule has 1 rings (SSSR count). The Labute approximate surface area is 92.6 Å². The highest BCUT2D eigenvalue weighted by molar-refractivity contribution is 5.53. The number of nitro groups is 1. The Morgan fingerprint density at radius 1 is 1.31 bits per heavy atom. The van der Waals surface area contributed by atoms with Gasteiger partial charge >= 0.3 is 5.69 Å². The minimum atomic E-state index is -0.634. The molecule has 0 radical (unpaired) electrons. The molecular formula is C10H13NO5. The first-order valence-corrected chi connectivity index (χ1v) is 4.57. The normalized spacial score (nSPS) is 10.4. The summed E-state index contributed by atoms with van der Waals surface area (Å²) in [4.78, 5) is 9.99. The minimum Gasteiger partial charge on any atom is -0.502 e. The van der Waals surface area contributed by atoms with E-state index in [1.165, 1.54) is 20.3 Å². The number of hydrogen-bond acceptors (Lipinski definition) is 5. The molecule has 88 valence electrons. The van der Waals surface area contributed by atoms with Gasteiger partial charge in [0, 0.05) is 25.8 Å². The Kier molecular flexibility index (Phi) is 4.21. The van der Waals surface area contributed by atoms with E-state index in [9.17, 15) is 15.2 Å². The summed E-state index contributed by atoms with van der Waals surface area (Å²) < 4.78 is 9.83. The Morgan fingerprint density at radius 2 is 1.94 bits per heavy atom. The zero-order chi connectivity index (χ0) is 12.1. The lowest BCUT2D eigenvalue weighted by atomic mass is 10.1. The lowest BCUT2D eigenvalue weighted by Crippen LogP contribution is -2.00. The molecule has 0 unspecified atom stereocenters. The Morgan fingerprint density at radius 3 is 2.44 bits per heavy atom. The van der Waals surface area contributed by atoms with Crippen molar-refractivity contribution in [2.24, 2.45) is 0 Å². The second kappa shape index (κ2) is 5.43. The van der Waals surface area contributed by atoms with Gasteiger partial charge in [-0.15, -0.1) is 0 Å². The molecular weight excluding hydrogens is 214 g/mol. The highest BCUT2D eigenvalue weighted by atomic mass is 16.6. The summed E-state index contributed by atoms with van der Waals surface area (Å²) in [6.07, 6.45) is 0. The van der Waals surface area contributed by atoms with E-state index in [-0.39, 0.29) is 24.7 Å². The Balaban J connectivity index is 3.23. The van der Waals surface area contributed by atoms with Crippen LogP contribution in [0, 0.1) is 10.1 Å². The largest absolute Gasteiger partial charge is 0.502 e. The molecule has 0 spiro atoms. The number of ether oxygens (including phenoxy) is 2. The summed E-state index contributed by atoms with van der Waals surface area (Å²) in [5.41, 5.74) is 0.734. The number of benzene rings is 1. The van der Waals surface area contributed by atoms with Crippen molar-refractivity contribution < 1.29 is 19.5 Å². The number of nitro benzene ring substituents is 1. The average Bonchev–Trinajstić information content (AvgIpc) is 2.23. The van der Waals surface area contributed by atoms with Gasteiger partial charge in [-0.05, 0) is 11.6 Å². The second-order valence-corrected chi connectivity index (χ2v) is 3.19. The fourth-order valence-electron chi connectivity index (χ4n) is 1.41. The van der Waals surface area contributed by atoms with Gasteiger partial charge < -0.3 is 14.6 Å². The number of rotatable bonds is 5. The second-order valence-electron chi connectivity index (χ2n) is 3.19. The third kappa shape index (κ3) is 2.47. The molecule has 0 aliphatic rings. The smallest absolute Gasteiger partial charge is 0.311 e. The molecule has 1 N–H and O–H groups in total. The highest BCUT2D eigenvalue weighted by Crippen LogP contribution is 2.32. The van der Waals surface area contributed by atoms with Crippen molar-refractivity contribution in [1.82, 2.24) is 0 Å². The lowest BCUT2D eigenvalue weighted by Gasteiger charge is -2.10. The molecule has 0 amide bonds. The fourth-order valence-corrected chi connectivity index (χ4v) is 1.41. The van der Waals surface area contributed by atoms with E-state index in [1.807, 2.05) is 0 Å². The topological polar surface area (TPSA) is 81.8 Å². The van der Waals surface area contributed by atoms with Crippen LogP contribution in [0.1, 0.15) is 11.1 Å². The van der Waals surface area contributed by atoms with E-state index in [2.05, 4.69) is 0 Å². The van der Waals surface area contributed by atoms with Gasteiger partial charge in [-0.3, -0.25) is 10.1 Å². The van der Waals surface area contributed by atoms with Crippen LogP contribution in [0.2, 0.25) is 0 Å². The van der Waals surface area contributed by atoms with Crippen molar-refractivity contribution in [3.63, 3.8) is 0 Å². The number of aromatic hydroxyl groups is 1. The maximum Gasteiger partial charge on any atom is 0.311 e. The van der Waals surface area contributed by atoms with Gasteiger partial charge in [-0.25, -0.2) is 0 Å². The SMILES string of the molecule is COCc1ccc([N+](=O)[O-])c(O)c1COC. The summed E-state index contributed by atoms with van der Waals surface area (Å²) in [7, 11) is 2.96. The van der Waals surface area contributed by atoms with Gasteiger partial charge in [0.1, 0.15) is 0 Å². The first kappa shape index (κ1) is 12.4. The number of hydrogen-bond donors (Lipinski definition) is 1. The van der Waals surface area contributed by atoms with Crippen molar-refractivity contribution in [2.45, 2.75) is 13.2 Å². The molecule has 0 bridgehead atoms. The van der Waals surface area contributed by atoms with Gasteiger partial charge in [-0.2, -0.15) is 0 Å². The van der Waals surface area contributed by atoms with Crippen molar-refractivity contribution in [2.75, 3.05) is 14.2 Å². The van der Waals surface area contributed by atoms with Crippen molar-refractivity contribution in [3.8, 4) is 5.75 Å². The first-order chi connectivity index (χ1) is 7.61. The van der Waals surface area contributed by atoms with Crippen LogP contribution in [0.15, 0.2) is 12.1 Å². The molecule has 0 saturated heterocycles. The van der Waals surface area contributed by atoms with E-state index >= 15 is 0 Å². The molecule has 6 nitrogen and oxygen atoms in total. The third-order valence-corrected chi connectivity index (χ3v) is 2.14. The zero-order valence-electron chi connectivity index (χ0n) is 9.10. The van der Waals surface area contributed by atoms with Gasteiger partial charge in [0.25, 0.3) is 0 Å². The summed E-state index contributed by atoms with van der Waals surface area (Å²) >= 11 is 0. The van der Waals surface area contributed by atoms with E-state index in [1.54, 1.807) is 6.07 Å². The standard InChI is InChI=1S/C10H13NO5/c1-15-5-7-3-4-9(11(13)14)10(12)8(7)6-16-2/h3-4,12H,5-6H2,1-2H3. The maximum atomic E-state index is 10.6. The quantitative estimate of drug-likeness (QED) is 0.610. The van der Waals surface area contributed by atoms with Crippen LogP contribution in [-0.4, -0.2) is 24.2 Å². The van der Waals surface area contributed by atoms with Gasteiger partial charge in [0.15, 0.2) is 5.75 Å². The summed E-state index contributed by atoms with van der Waals surface area (Å²) in [5, 5.41) is 20.3. The summed E-state index contributed by atoms with van der Waals surface area (Å²) in [6.45, 7) is 0.371. The van der Waals surface area contributed by atoms with Crippen LogP contribution in [0.5, 0.6) is 5.75 Å². The maximum absolute atomic E-state index is 10.6. The predicted octanol–water partition coefficient (Wildman–Crippen LogP) is 1.59. The van der Waals surface area contributed by atoms with Crippen LogP contribution in [0.25, 0.3) is 0 Å². The van der Waals surface area contributed by atoms with Crippen LogP contribution in [0.3, 0.4) is 0 Å². The summed E-state index contributed by atoms with van der Waals surface area (Å²) in [6, 6.07) is 2.80. The number of phenols is 1. The fraction of sp³-hybridized carbons (Fsp3) is 0.400. The molecule has 0 heterocycles. The van der Waals surface area contributed by atoms with Crippen LogP contribution in [0.4, 0.5) is 5.69 Å². The molecule has 0 aliphatic carbocycles. The average molecular weight is 227 g/mol. The molecule has 6 heteroatoms. The minimum absolute atomic E-state index is 0.103. The summed E-state index contributed by atoms with van der Waals surface area (Å²) in [5.74, 6) is -0.360. The molecule has 0 atom stereocenters. The molecule has 1 aromatic rings. The van der Waals surface area contributed by atoms with Crippen molar-refractivity contribution in [1.29, 1.82) is 0 Å². The van der Waals surface area contributed by atoms with Crippen LogP contribution >= 0.6 is 0 Å². The van der Waals surface area contributed by atoms with Crippen molar-refractivity contribution >= 4 is 5.69 Å². The highest BCUT2D eigenvalue weighted by Gasteiger charge is 2.19. The Hall–Kier alpha value is -1.66. The van der Waals surface area contributed by atoms with Gasteiger partial charge in [-0.1, -0.05) is 0 Å².